The number of aliphatic hydroxyl groups is 1. The summed E-state index contributed by atoms with van der Waals surface area (Å²) in [6.07, 6.45) is 2.41. The Morgan fingerprint density at radius 2 is 2.14 bits per heavy atom. The molecule has 0 fully saturated rings. The Kier molecular flexibility index (Phi) is 6.18. The number of ether oxygens (including phenoxy) is 1. The largest absolute Gasteiger partial charge is 0.467 e. The summed E-state index contributed by atoms with van der Waals surface area (Å²) in [5.41, 5.74) is 3.72. The summed E-state index contributed by atoms with van der Waals surface area (Å²) < 4.78 is 19.5. The Bertz CT molecular complexity index is 1010. The standard InChI is InChI=1S/C20H22FN5O3/c1-12-6-14(15-9-23-26(10-15)11-18(27)19(28)29-3)8-16(7-12)24-20-22-5-4-17(25-20)13(2)21/h4-10,13,18,27H,11H2,1-3H3,(H,22,24,25). The zero-order chi connectivity index (χ0) is 21.0. The first-order chi connectivity index (χ1) is 13.9. The van der Waals surface area contributed by atoms with Crippen LogP contribution in [0.1, 0.15) is 24.4 Å². The van der Waals surface area contributed by atoms with Crippen LogP contribution in [0.25, 0.3) is 11.1 Å². The summed E-state index contributed by atoms with van der Waals surface area (Å²) in [5.74, 6) is -0.408. The average molecular weight is 399 g/mol. The fourth-order valence-corrected chi connectivity index (χ4v) is 2.81. The third-order valence-electron chi connectivity index (χ3n) is 4.22. The highest BCUT2D eigenvalue weighted by Crippen LogP contribution is 2.26. The lowest BCUT2D eigenvalue weighted by molar-refractivity contribution is -0.151. The van der Waals surface area contributed by atoms with Crippen LogP contribution in [0.5, 0.6) is 0 Å². The van der Waals surface area contributed by atoms with E-state index < -0.39 is 18.2 Å². The van der Waals surface area contributed by atoms with E-state index >= 15 is 0 Å². The zero-order valence-corrected chi connectivity index (χ0v) is 16.3. The van der Waals surface area contributed by atoms with Crippen molar-refractivity contribution in [3.8, 4) is 11.1 Å². The van der Waals surface area contributed by atoms with Crippen molar-refractivity contribution >= 4 is 17.6 Å². The second-order valence-electron chi connectivity index (χ2n) is 6.62. The first-order valence-corrected chi connectivity index (χ1v) is 9.00. The van der Waals surface area contributed by atoms with E-state index in [0.717, 1.165) is 22.4 Å². The third kappa shape index (κ3) is 5.14. The fourth-order valence-electron chi connectivity index (χ4n) is 2.81. The second-order valence-corrected chi connectivity index (χ2v) is 6.62. The van der Waals surface area contributed by atoms with Crippen LogP contribution >= 0.6 is 0 Å². The topological polar surface area (TPSA) is 102 Å². The van der Waals surface area contributed by atoms with Gasteiger partial charge >= 0.3 is 5.97 Å². The van der Waals surface area contributed by atoms with Gasteiger partial charge in [0.2, 0.25) is 5.95 Å². The number of hydrogen-bond donors (Lipinski definition) is 2. The lowest BCUT2D eigenvalue weighted by Gasteiger charge is -2.10. The maximum atomic E-state index is 13.5. The molecule has 2 heterocycles. The number of anilines is 2. The van der Waals surface area contributed by atoms with E-state index in [0.29, 0.717) is 11.6 Å². The van der Waals surface area contributed by atoms with Crippen molar-refractivity contribution in [1.29, 1.82) is 0 Å². The summed E-state index contributed by atoms with van der Waals surface area (Å²) >= 11 is 0. The molecule has 3 aromatic rings. The number of benzene rings is 1. The monoisotopic (exact) mass is 399 g/mol. The third-order valence-corrected chi connectivity index (χ3v) is 4.22. The lowest BCUT2D eigenvalue weighted by Crippen LogP contribution is -2.27. The van der Waals surface area contributed by atoms with Crippen molar-refractivity contribution < 1.29 is 19.0 Å². The van der Waals surface area contributed by atoms with Crippen molar-refractivity contribution in [2.75, 3.05) is 12.4 Å². The van der Waals surface area contributed by atoms with Gasteiger partial charge in [-0.15, -0.1) is 0 Å². The quantitative estimate of drug-likeness (QED) is 0.589. The number of halogens is 1. The van der Waals surface area contributed by atoms with Gasteiger partial charge in [-0.3, -0.25) is 4.68 Å². The summed E-state index contributed by atoms with van der Waals surface area (Å²) in [6, 6.07) is 7.32. The molecule has 29 heavy (non-hydrogen) atoms. The molecule has 8 nitrogen and oxygen atoms in total. The molecule has 3 rings (SSSR count). The van der Waals surface area contributed by atoms with E-state index in [-0.39, 0.29) is 6.54 Å². The molecule has 2 atom stereocenters. The Hall–Kier alpha value is -3.33. The molecule has 0 bridgehead atoms. The number of carbonyl (C=O) groups is 1. The predicted molar refractivity (Wildman–Crippen MR) is 105 cm³/mol. The maximum Gasteiger partial charge on any atom is 0.336 e. The van der Waals surface area contributed by atoms with Gasteiger partial charge in [-0.2, -0.15) is 5.10 Å². The van der Waals surface area contributed by atoms with Crippen molar-refractivity contribution in [3.05, 3.63) is 54.1 Å². The first kappa shape index (κ1) is 20.4. The van der Waals surface area contributed by atoms with Crippen LogP contribution < -0.4 is 5.32 Å². The summed E-state index contributed by atoms with van der Waals surface area (Å²) in [7, 11) is 1.22. The summed E-state index contributed by atoms with van der Waals surface area (Å²) in [4.78, 5) is 19.7. The molecule has 0 radical (unpaired) electrons. The van der Waals surface area contributed by atoms with Gasteiger partial charge in [-0.05, 0) is 43.2 Å². The van der Waals surface area contributed by atoms with Crippen LogP contribution in [-0.2, 0) is 16.1 Å². The number of aryl methyl sites for hydroxylation is 1. The van der Waals surface area contributed by atoms with Gasteiger partial charge < -0.3 is 15.2 Å². The number of aliphatic hydroxyl groups excluding tert-OH is 1. The molecule has 0 aliphatic carbocycles. The highest BCUT2D eigenvalue weighted by molar-refractivity contribution is 5.74. The second kappa shape index (κ2) is 8.78. The number of esters is 1. The smallest absolute Gasteiger partial charge is 0.336 e. The van der Waals surface area contributed by atoms with E-state index in [1.54, 1.807) is 12.4 Å². The molecule has 2 unspecified atom stereocenters. The fraction of sp³-hybridized carbons (Fsp3) is 0.300. The van der Waals surface area contributed by atoms with Gasteiger partial charge in [0.1, 0.15) is 6.17 Å². The highest BCUT2D eigenvalue weighted by Gasteiger charge is 2.17. The predicted octanol–water partition coefficient (Wildman–Crippen LogP) is 2.96. The van der Waals surface area contributed by atoms with E-state index in [4.69, 9.17) is 0 Å². The number of hydrogen-bond acceptors (Lipinski definition) is 7. The molecule has 9 heteroatoms. The van der Waals surface area contributed by atoms with E-state index in [1.165, 1.54) is 31.0 Å². The van der Waals surface area contributed by atoms with E-state index in [1.807, 2.05) is 25.1 Å². The molecule has 2 N–H and O–H groups in total. The van der Waals surface area contributed by atoms with Crippen molar-refractivity contribution in [2.24, 2.45) is 0 Å². The molecular formula is C20H22FN5O3. The number of nitrogens with zero attached hydrogens (tertiary/aromatic N) is 4. The number of carbonyl (C=O) groups excluding carboxylic acids is 1. The van der Waals surface area contributed by atoms with Crippen LogP contribution in [0.4, 0.5) is 16.0 Å². The van der Waals surface area contributed by atoms with Crippen LogP contribution in [-0.4, -0.2) is 44.0 Å². The zero-order valence-electron chi connectivity index (χ0n) is 16.3. The van der Waals surface area contributed by atoms with Crippen LogP contribution in [0.3, 0.4) is 0 Å². The molecular weight excluding hydrogens is 377 g/mol. The molecule has 0 amide bonds. The Morgan fingerprint density at radius 3 is 2.86 bits per heavy atom. The summed E-state index contributed by atoms with van der Waals surface area (Å²) in [6.45, 7) is 3.36. The molecule has 2 aromatic heterocycles. The highest BCUT2D eigenvalue weighted by atomic mass is 19.1. The van der Waals surface area contributed by atoms with Crippen molar-refractivity contribution in [1.82, 2.24) is 19.7 Å². The Labute approximate surface area is 167 Å². The van der Waals surface area contributed by atoms with Crippen LogP contribution in [0.15, 0.2) is 42.9 Å². The minimum Gasteiger partial charge on any atom is -0.467 e. The number of nitrogens with one attached hydrogen (secondary N) is 1. The van der Waals surface area contributed by atoms with Gasteiger partial charge in [-0.25, -0.2) is 19.2 Å². The van der Waals surface area contributed by atoms with E-state index in [2.05, 4.69) is 25.1 Å². The minimum atomic E-state index is -1.29. The Balaban J connectivity index is 1.81. The molecule has 0 saturated carbocycles. The van der Waals surface area contributed by atoms with Gasteiger partial charge in [0.05, 0.1) is 25.5 Å². The van der Waals surface area contributed by atoms with Crippen LogP contribution in [0.2, 0.25) is 0 Å². The van der Waals surface area contributed by atoms with Gasteiger partial charge in [0.15, 0.2) is 6.10 Å². The normalized spacial score (nSPS) is 13.0. The lowest BCUT2D eigenvalue weighted by atomic mass is 10.1. The van der Waals surface area contributed by atoms with Crippen LogP contribution in [0, 0.1) is 6.92 Å². The van der Waals surface area contributed by atoms with E-state index in [9.17, 15) is 14.3 Å². The molecule has 0 saturated heterocycles. The average Bonchev–Trinajstić information content (AvgIpc) is 3.15. The number of rotatable bonds is 7. The SMILES string of the molecule is COC(=O)C(O)Cn1cc(-c2cc(C)cc(Nc3nccc(C(C)F)n3)c2)cn1. The van der Waals surface area contributed by atoms with Crippen molar-refractivity contribution in [2.45, 2.75) is 32.7 Å². The number of methoxy groups -OCH3 is 1. The number of aromatic nitrogens is 4. The molecule has 0 aliphatic rings. The molecule has 0 aliphatic heterocycles. The molecule has 0 spiro atoms. The van der Waals surface area contributed by atoms with Gasteiger partial charge in [-0.1, -0.05) is 6.07 Å². The Morgan fingerprint density at radius 1 is 1.34 bits per heavy atom. The number of alkyl halides is 1. The van der Waals surface area contributed by atoms with Gasteiger partial charge in [0.25, 0.3) is 0 Å². The summed E-state index contributed by atoms with van der Waals surface area (Å²) in [5, 5.41) is 17.1. The molecule has 152 valence electrons. The van der Waals surface area contributed by atoms with Gasteiger partial charge in [0, 0.05) is 23.6 Å². The first-order valence-electron chi connectivity index (χ1n) is 9.00. The van der Waals surface area contributed by atoms with Crippen molar-refractivity contribution in [3.63, 3.8) is 0 Å². The minimum absolute atomic E-state index is 0.00829. The maximum absolute atomic E-state index is 13.5. The molecule has 1 aromatic carbocycles.